The molecule has 582 valence electrons. The lowest BCUT2D eigenvalue weighted by Gasteiger charge is -2.24. The molecule has 10 nitrogen and oxygen atoms in total. The molecule has 0 aliphatic carbocycles. The summed E-state index contributed by atoms with van der Waals surface area (Å²) in [5, 5.41) is 29.2. The Kier molecular flexibility index (Phi) is 31.7. The lowest BCUT2D eigenvalue weighted by molar-refractivity contribution is 0.233. The predicted octanol–water partition coefficient (Wildman–Crippen LogP) is 23.9. The molecule has 0 bridgehead atoms. The van der Waals surface area contributed by atoms with Gasteiger partial charge in [0.05, 0.1) is 65.2 Å². The molecule has 8 aromatic carbocycles. The van der Waals surface area contributed by atoms with Gasteiger partial charge in [0.1, 0.15) is 58.4 Å². The van der Waals surface area contributed by atoms with Crippen LogP contribution in [-0.4, -0.2) is 54.8 Å². The molecule has 114 heavy (non-hydrogen) atoms. The van der Waals surface area contributed by atoms with Gasteiger partial charge >= 0.3 is 13.7 Å². The topological polar surface area (TPSA) is 127 Å². The van der Waals surface area contributed by atoms with Gasteiger partial charge in [-0.05, 0) is 147 Å². The maximum absolute atomic E-state index is 12.8. The van der Waals surface area contributed by atoms with Gasteiger partial charge in [-0.15, -0.1) is 0 Å². The third-order valence-corrected chi connectivity index (χ3v) is 23.1. The highest BCUT2D eigenvalue weighted by molar-refractivity contribution is 6.85. The van der Waals surface area contributed by atoms with Crippen LogP contribution in [0.2, 0.25) is 20.1 Å². The Labute approximate surface area is 695 Å². The molecule has 0 aliphatic heterocycles. The summed E-state index contributed by atoms with van der Waals surface area (Å²) in [6.45, 7) is 7.70. The summed E-state index contributed by atoms with van der Waals surface area (Å²) in [4.78, 5) is 20.8. The number of halogens is 4. The fourth-order valence-corrected chi connectivity index (χ4v) is 16.5. The van der Waals surface area contributed by atoms with Crippen LogP contribution >= 0.6 is 46.4 Å². The van der Waals surface area contributed by atoms with Crippen molar-refractivity contribution < 1.29 is 9.47 Å². The van der Waals surface area contributed by atoms with Crippen LogP contribution in [0.1, 0.15) is 206 Å². The number of nitrogens with zero attached hydrogens (tertiary/aromatic N) is 8. The Morgan fingerprint density at radius 2 is 0.684 bits per heavy atom. The number of nitriles is 2. The summed E-state index contributed by atoms with van der Waals surface area (Å²) in [6, 6.07) is 71.0. The number of benzene rings is 8. The van der Waals surface area contributed by atoms with Crippen LogP contribution in [0.3, 0.4) is 0 Å². The van der Waals surface area contributed by atoms with Crippen molar-refractivity contribution in [3.8, 4) is 46.2 Å². The van der Waals surface area contributed by atoms with Crippen LogP contribution in [0, 0.1) is 22.7 Å². The predicted molar refractivity (Wildman–Crippen MR) is 482 cm³/mol. The van der Waals surface area contributed by atoms with E-state index in [0.717, 1.165) is 97.2 Å². The third kappa shape index (κ3) is 21.3. The Hall–Kier alpha value is -9.65. The summed E-state index contributed by atoms with van der Waals surface area (Å²) in [5.74, 6) is 1.42. The first kappa shape index (κ1) is 83.8. The molecule has 0 amide bonds. The smallest absolute Gasteiger partial charge is 0.328 e. The zero-order chi connectivity index (χ0) is 79.4. The Morgan fingerprint density at radius 3 is 1.00 bits per heavy atom. The first-order chi connectivity index (χ1) is 56.0. The largest absolute Gasteiger partial charge is 0.486 e. The maximum atomic E-state index is 12.8. The van der Waals surface area contributed by atoms with Crippen molar-refractivity contribution in [1.29, 1.82) is 10.5 Å². The highest BCUT2D eigenvalue weighted by Crippen LogP contribution is 2.39. The van der Waals surface area contributed by atoms with E-state index in [1.54, 1.807) is 36.7 Å². The molecule has 0 saturated heterocycles. The minimum absolute atomic E-state index is 0.163. The molecule has 0 radical (unpaired) electrons. The van der Waals surface area contributed by atoms with E-state index in [4.69, 9.17) is 75.8 Å². The van der Waals surface area contributed by atoms with Gasteiger partial charge in [0, 0.05) is 22.2 Å². The molecule has 2 unspecified atom stereocenters. The van der Waals surface area contributed by atoms with E-state index in [-0.39, 0.29) is 34.7 Å². The van der Waals surface area contributed by atoms with Crippen LogP contribution in [0.4, 0.5) is 0 Å². The first-order valence-electron chi connectivity index (χ1n) is 41.7. The van der Waals surface area contributed by atoms with Gasteiger partial charge in [-0.2, -0.15) is 10.5 Å². The molecule has 4 heterocycles. The zero-order valence-corrected chi connectivity index (χ0v) is 69.6. The van der Waals surface area contributed by atoms with E-state index >= 15 is 0 Å². The molecule has 4 aromatic heterocycles. The van der Waals surface area contributed by atoms with Gasteiger partial charge in [0.2, 0.25) is 0 Å². The van der Waals surface area contributed by atoms with Crippen molar-refractivity contribution in [2.45, 2.75) is 207 Å². The van der Waals surface area contributed by atoms with Gasteiger partial charge in [0.15, 0.2) is 0 Å². The van der Waals surface area contributed by atoms with Gasteiger partial charge in [-0.1, -0.05) is 345 Å². The van der Waals surface area contributed by atoms with Crippen LogP contribution in [0.15, 0.2) is 231 Å². The molecule has 0 spiro atoms. The van der Waals surface area contributed by atoms with Crippen molar-refractivity contribution in [2.75, 3.05) is 0 Å². The van der Waals surface area contributed by atoms with Gasteiger partial charge in [-0.3, -0.25) is 9.97 Å². The quantitative estimate of drug-likeness (QED) is 0.0210. The molecular formula is C98H104B2Cl4N8O2. The number of hydrogen-bond donors (Lipinski definition) is 0. The van der Waals surface area contributed by atoms with Crippen LogP contribution in [0.5, 0.6) is 11.5 Å². The Bertz CT molecular complexity index is 4980. The van der Waals surface area contributed by atoms with E-state index < -0.39 is 13.7 Å². The average molecular weight is 1590 g/mol. The summed E-state index contributed by atoms with van der Waals surface area (Å²) >= 11 is 27.3. The molecule has 0 saturated carbocycles. The molecular weight excluding hydrogens is 1480 g/mol. The van der Waals surface area contributed by atoms with Crippen LogP contribution < -0.4 is 42.0 Å². The Morgan fingerprint density at radius 1 is 0.386 bits per heavy atom. The number of aromatic nitrogens is 6. The normalized spacial score (nSPS) is 12.7. The second kappa shape index (κ2) is 43.2. The van der Waals surface area contributed by atoms with E-state index in [1.807, 2.05) is 24.3 Å². The maximum Gasteiger partial charge on any atom is 0.328 e. The second-order valence-electron chi connectivity index (χ2n) is 30.1. The van der Waals surface area contributed by atoms with Crippen LogP contribution in [-0.2, 0) is 0 Å². The highest BCUT2D eigenvalue weighted by atomic mass is 35.5. The third-order valence-electron chi connectivity index (χ3n) is 21.7. The van der Waals surface area contributed by atoms with Gasteiger partial charge in [0.25, 0.3) is 0 Å². The van der Waals surface area contributed by atoms with Gasteiger partial charge in [-0.25, -0.2) is 9.97 Å². The SMILES string of the molecule is CCCCCCCC/C=C/C(CCCCCCC)Oc1ccc(-c2c3/c(=C(\C#N)c4cnc5cc(Cl)c(Cl)cc5n4)n(B(c4ccccc4)c4ccccc4)c(-c4ccc(OC(/C=C/CCCCCCCC)CCCCCCC)cc4)c3/c(=C(\C#N)c3cnc4cc(Cl)c(Cl)cc4n3)n2B(c2ccccc2)c2ccccc2)cc1. The summed E-state index contributed by atoms with van der Waals surface area (Å²) in [6.07, 6.45) is 42.2. The van der Waals surface area contributed by atoms with Crippen molar-refractivity contribution in [3.05, 3.63) is 273 Å². The fourth-order valence-electron chi connectivity index (χ4n) is 15.8. The number of fused-ring (bicyclic) bond motifs is 3. The molecule has 2 atom stereocenters. The van der Waals surface area contributed by atoms with Crippen LogP contribution in [0.25, 0.3) is 66.5 Å². The number of ether oxygens (including phenoxy) is 2. The fraction of sp³-hybridized carbons (Fsp3) is 0.327. The standard InChI is InChI=1S/C98H104B2Cl4N8O2/c1-5-9-13-17-19-21-25-41-53-77(51-39-23-15-11-7-3)113-79-59-55-71(56-60-79)95-93-94(98(82(68-106)92-70-108-88-64-84(102)86(104)66-90(88)110-92)111(95)99(73-43-31-27-32-44-73)74-45-33-28-34-46-74)96(72-57-61-80(62-58-72)114-78(52-40-24-16-12-8-4)54-42-26-22-20-18-14-10-6-2)112(100(75-47-35-29-36-48-75)76-49-37-30-38-50-76)97(93)81(67-105)91-69-107-87-63-83(101)85(103)65-89(87)109-91/h27-38,41-50,53-66,69-70,77-78H,5-26,39-40,51-52H2,1-4H3/b53-41+,54-42+,97-81-,98-82-. The van der Waals surface area contributed by atoms with E-state index in [0.29, 0.717) is 86.5 Å². The van der Waals surface area contributed by atoms with E-state index in [2.05, 4.69) is 219 Å². The summed E-state index contributed by atoms with van der Waals surface area (Å²) in [5.41, 5.74) is 9.44. The number of rotatable bonds is 42. The molecule has 16 heteroatoms. The van der Waals surface area contributed by atoms with E-state index in [1.165, 1.54) is 103 Å². The number of allylic oxidation sites excluding steroid dienone is 2. The molecule has 0 fully saturated rings. The summed E-state index contributed by atoms with van der Waals surface area (Å²) in [7, 11) is 0. The molecule has 12 aromatic rings. The van der Waals surface area contributed by atoms with Crippen molar-refractivity contribution in [2.24, 2.45) is 0 Å². The van der Waals surface area contributed by atoms with Crippen molar-refractivity contribution in [1.82, 2.24) is 28.9 Å². The van der Waals surface area contributed by atoms with Crippen molar-refractivity contribution in [3.63, 3.8) is 0 Å². The first-order valence-corrected chi connectivity index (χ1v) is 43.2. The average Bonchev–Trinajstić information content (AvgIpc) is 1.52. The molecule has 0 aliphatic rings. The number of unbranched alkanes of at least 4 members (excludes halogenated alkanes) is 20. The molecule has 0 N–H and O–H groups in total. The zero-order valence-electron chi connectivity index (χ0n) is 66.5. The lowest BCUT2D eigenvalue weighted by atomic mass is 9.50. The minimum Gasteiger partial charge on any atom is -0.486 e. The number of hydrogen-bond acceptors (Lipinski definition) is 8. The monoisotopic (exact) mass is 1590 g/mol. The Balaban J connectivity index is 1.24. The second-order valence-corrected chi connectivity index (χ2v) is 31.7. The highest BCUT2D eigenvalue weighted by Gasteiger charge is 2.38. The molecule has 12 rings (SSSR count). The minimum atomic E-state index is -0.672. The van der Waals surface area contributed by atoms with E-state index in [9.17, 15) is 10.5 Å². The van der Waals surface area contributed by atoms with Crippen molar-refractivity contribution >= 4 is 126 Å². The lowest BCUT2D eigenvalue weighted by Crippen LogP contribution is -2.54. The summed E-state index contributed by atoms with van der Waals surface area (Å²) < 4.78 is 19.0. The van der Waals surface area contributed by atoms with Gasteiger partial charge < -0.3 is 18.4 Å².